The first-order valence-electron chi connectivity index (χ1n) is 12.7. The number of esters is 1. The minimum absolute atomic E-state index is 0.316. The Hall–Kier alpha value is -4.02. The molecule has 0 saturated heterocycles. The number of thiazole rings is 1. The number of hydrogen-bond donors (Lipinski definition) is 1. The van der Waals surface area contributed by atoms with Gasteiger partial charge >= 0.3 is 5.97 Å². The number of hydrogen-bond acceptors (Lipinski definition) is 9. The standard InChI is InChI=1S/C29H30N4O5S/c1-5-23(27(34)32-29-31-22(16-39-29)17-10-11-24(36-3)25(14-17)37-4)38-28(35)26-18-8-6-7-9-20(18)30-21-12-13-33(2)15-19(21)26/h6-11,14,16,23H,5,12-13,15H2,1-4H3,(H,31,32,34). The van der Waals surface area contributed by atoms with Gasteiger partial charge in [0, 0.05) is 47.1 Å². The number of para-hydroxylation sites is 1. The van der Waals surface area contributed by atoms with Gasteiger partial charge in [-0.2, -0.15) is 0 Å². The van der Waals surface area contributed by atoms with E-state index in [0.717, 1.165) is 40.7 Å². The molecule has 39 heavy (non-hydrogen) atoms. The maximum Gasteiger partial charge on any atom is 0.340 e. The van der Waals surface area contributed by atoms with Gasteiger partial charge in [0.15, 0.2) is 22.7 Å². The summed E-state index contributed by atoms with van der Waals surface area (Å²) >= 11 is 1.29. The fourth-order valence-electron chi connectivity index (χ4n) is 4.71. The molecule has 0 aliphatic carbocycles. The van der Waals surface area contributed by atoms with Crippen LogP contribution in [-0.2, 0) is 22.5 Å². The van der Waals surface area contributed by atoms with Crippen molar-refractivity contribution in [1.29, 1.82) is 0 Å². The Balaban J connectivity index is 1.35. The molecular weight excluding hydrogens is 516 g/mol. The van der Waals surface area contributed by atoms with Gasteiger partial charge in [0.05, 0.1) is 31.0 Å². The zero-order valence-corrected chi connectivity index (χ0v) is 23.1. The number of benzene rings is 2. The molecule has 5 rings (SSSR count). The SMILES string of the molecule is CCC(OC(=O)c1c2c(nc3ccccc13)CCN(C)C2)C(=O)Nc1nc(-c2ccc(OC)c(OC)c2)cs1. The number of pyridine rings is 1. The molecule has 1 aliphatic rings. The first-order chi connectivity index (χ1) is 18.9. The van der Waals surface area contributed by atoms with Crippen LogP contribution in [-0.4, -0.2) is 60.7 Å². The first-order valence-corrected chi connectivity index (χ1v) is 13.6. The average molecular weight is 547 g/mol. The lowest BCUT2D eigenvalue weighted by atomic mass is 9.96. The molecule has 0 saturated carbocycles. The number of nitrogens with one attached hydrogen (secondary N) is 1. The van der Waals surface area contributed by atoms with Crippen LogP contribution in [0.15, 0.2) is 47.8 Å². The quantitative estimate of drug-likeness (QED) is 0.310. The summed E-state index contributed by atoms with van der Waals surface area (Å²) in [5, 5.41) is 5.79. The number of aromatic nitrogens is 2. The minimum atomic E-state index is -0.977. The van der Waals surface area contributed by atoms with E-state index in [0.29, 0.717) is 40.9 Å². The van der Waals surface area contributed by atoms with Crippen molar-refractivity contribution in [1.82, 2.24) is 14.9 Å². The Labute approximate surface area is 230 Å². The van der Waals surface area contributed by atoms with Gasteiger partial charge in [-0.05, 0) is 37.7 Å². The number of fused-ring (bicyclic) bond motifs is 2. The lowest BCUT2D eigenvalue weighted by Crippen LogP contribution is -2.34. The molecule has 0 radical (unpaired) electrons. The molecule has 10 heteroatoms. The second-order valence-electron chi connectivity index (χ2n) is 9.32. The van der Waals surface area contributed by atoms with Crippen LogP contribution in [0.3, 0.4) is 0 Å². The van der Waals surface area contributed by atoms with E-state index in [4.69, 9.17) is 19.2 Å². The lowest BCUT2D eigenvalue weighted by Gasteiger charge is -2.27. The highest BCUT2D eigenvalue weighted by atomic mass is 32.1. The summed E-state index contributed by atoms with van der Waals surface area (Å²) in [5.41, 5.74) is 4.50. The number of carbonyl (C=O) groups is 2. The van der Waals surface area contributed by atoms with Crippen molar-refractivity contribution in [3.63, 3.8) is 0 Å². The molecule has 3 heterocycles. The van der Waals surface area contributed by atoms with Crippen molar-refractivity contribution in [2.24, 2.45) is 0 Å². The van der Waals surface area contributed by atoms with Gasteiger partial charge in [0.1, 0.15) is 0 Å². The summed E-state index contributed by atoms with van der Waals surface area (Å²) in [6.45, 7) is 3.27. The summed E-state index contributed by atoms with van der Waals surface area (Å²) in [5.74, 6) is 0.256. The number of anilines is 1. The van der Waals surface area contributed by atoms with Crippen LogP contribution in [0.5, 0.6) is 11.5 Å². The van der Waals surface area contributed by atoms with Crippen molar-refractivity contribution in [3.05, 3.63) is 64.7 Å². The van der Waals surface area contributed by atoms with Crippen LogP contribution >= 0.6 is 11.3 Å². The third-order valence-electron chi connectivity index (χ3n) is 6.77. The van der Waals surface area contributed by atoms with Crippen LogP contribution in [0.4, 0.5) is 5.13 Å². The number of amides is 1. The molecule has 1 atom stereocenters. The number of carbonyl (C=O) groups excluding carboxylic acids is 2. The van der Waals surface area contributed by atoms with E-state index in [1.165, 1.54) is 11.3 Å². The van der Waals surface area contributed by atoms with Crippen molar-refractivity contribution in [2.45, 2.75) is 32.4 Å². The fourth-order valence-corrected chi connectivity index (χ4v) is 5.44. The van der Waals surface area contributed by atoms with Gasteiger partial charge in [0.2, 0.25) is 0 Å². The molecule has 2 aromatic heterocycles. The molecule has 1 amide bonds. The Morgan fingerprint density at radius 3 is 2.67 bits per heavy atom. The largest absolute Gasteiger partial charge is 0.493 e. The molecule has 1 N–H and O–H groups in total. The Morgan fingerprint density at radius 1 is 1.10 bits per heavy atom. The van der Waals surface area contributed by atoms with Crippen molar-refractivity contribution < 1.29 is 23.8 Å². The predicted molar refractivity (Wildman–Crippen MR) is 151 cm³/mol. The molecule has 0 spiro atoms. The zero-order chi connectivity index (χ0) is 27.5. The van der Waals surface area contributed by atoms with E-state index in [2.05, 4.69) is 15.2 Å². The third kappa shape index (κ3) is 5.43. The zero-order valence-electron chi connectivity index (χ0n) is 22.3. The highest BCUT2D eigenvalue weighted by molar-refractivity contribution is 7.14. The Bertz CT molecular complexity index is 1540. The van der Waals surface area contributed by atoms with Crippen molar-refractivity contribution in [2.75, 3.05) is 33.1 Å². The number of nitrogens with zero attached hydrogens (tertiary/aromatic N) is 3. The molecule has 202 valence electrons. The molecule has 0 fully saturated rings. The Morgan fingerprint density at radius 2 is 1.90 bits per heavy atom. The summed E-state index contributed by atoms with van der Waals surface area (Å²) in [7, 11) is 5.17. The highest BCUT2D eigenvalue weighted by Crippen LogP contribution is 2.34. The van der Waals surface area contributed by atoms with Crippen LogP contribution in [0.2, 0.25) is 0 Å². The maximum atomic E-state index is 13.6. The van der Waals surface area contributed by atoms with Gasteiger partial charge in [0.25, 0.3) is 5.91 Å². The van der Waals surface area contributed by atoms with Crippen LogP contribution in [0.25, 0.3) is 22.2 Å². The minimum Gasteiger partial charge on any atom is -0.493 e. The van der Waals surface area contributed by atoms with E-state index in [1.54, 1.807) is 20.3 Å². The number of methoxy groups -OCH3 is 2. The predicted octanol–water partition coefficient (Wildman–Crippen LogP) is 4.94. The van der Waals surface area contributed by atoms with Gasteiger partial charge in [-0.15, -0.1) is 11.3 Å². The maximum absolute atomic E-state index is 13.6. The normalized spacial score (nSPS) is 13.9. The molecule has 4 aromatic rings. The number of rotatable bonds is 8. The molecule has 9 nitrogen and oxygen atoms in total. The monoisotopic (exact) mass is 546 g/mol. The highest BCUT2D eigenvalue weighted by Gasteiger charge is 2.29. The summed E-state index contributed by atoms with van der Waals surface area (Å²) < 4.78 is 16.5. The molecular formula is C29H30N4O5S. The second-order valence-corrected chi connectivity index (χ2v) is 10.2. The van der Waals surface area contributed by atoms with Gasteiger partial charge in [-0.1, -0.05) is 25.1 Å². The smallest absolute Gasteiger partial charge is 0.340 e. The molecule has 1 aliphatic heterocycles. The molecule has 0 bridgehead atoms. The van der Waals surface area contributed by atoms with Gasteiger partial charge in [-0.3, -0.25) is 15.1 Å². The topological polar surface area (TPSA) is 103 Å². The Kier molecular flexibility index (Phi) is 7.76. The number of ether oxygens (including phenoxy) is 3. The lowest BCUT2D eigenvalue weighted by molar-refractivity contribution is -0.124. The van der Waals surface area contributed by atoms with E-state index in [1.807, 2.05) is 55.7 Å². The van der Waals surface area contributed by atoms with E-state index >= 15 is 0 Å². The van der Waals surface area contributed by atoms with E-state index in [-0.39, 0.29) is 0 Å². The second kappa shape index (κ2) is 11.4. The van der Waals surface area contributed by atoms with E-state index < -0.39 is 18.0 Å². The summed E-state index contributed by atoms with van der Waals surface area (Å²) in [4.78, 5) is 38.2. The summed E-state index contributed by atoms with van der Waals surface area (Å²) in [6.07, 6.45) is 0.0901. The van der Waals surface area contributed by atoms with E-state index in [9.17, 15) is 9.59 Å². The fraction of sp³-hybridized carbons (Fsp3) is 0.310. The van der Waals surface area contributed by atoms with Gasteiger partial charge in [-0.25, -0.2) is 9.78 Å². The third-order valence-corrected chi connectivity index (χ3v) is 7.53. The van der Waals surface area contributed by atoms with Crippen molar-refractivity contribution >= 4 is 39.2 Å². The first kappa shape index (κ1) is 26.6. The van der Waals surface area contributed by atoms with Gasteiger partial charge < -0.3 is 19.1 Å². The van der Waals surface area contributed by atoms with Crippen LogP contribution in [0, 0.1) is 0 Å². The van der Waals surface area contributed by atoms with Crippen LogP contribution in [0.1, 0.15) is 35.0 Å². The number of likely N-dealkylation sites (N-methyl/N-ethyl adjacent to an activating group) is 1. The summed E-state index contributed by atoms with van der Waals surface area (Å²) in [6, 6.07) is 13.1. The van der Waals surface area contributed by atoms with Crippen molar-refractivity contribution in [3.8, 4) is 22.8 Å². The van der Waals surface area contributed by atoms with Crippen LogP contribution < -0.4 is 14.8 Å². The molecule has 2 aromatic carbocycles. The molecule has 1 unspecified atom stereocenters. The average Bonchev–Trinajstić information content (AvgIpc) is 3.42.